The zero-order valence-corrected chi connectivity index (χ0v) is 16.5. The van der Waals surface area contributed by atoms with Crippen molar-refractivity contribution in [2.24, 2.45) is 0 Å². The number of aromatic nitrogens is 2. The van der Waals surface area contributed by atoms with Gasteiger partial charge in [-0.05, 0) is 45.5 Å². The Kier molecular flexibility index (Phi) is 6.26. The highest BCUT2D eigenvalue weighted by molar-refractivity contribution is 6.01. The lowest BCUT2D eigenvalue weighted by Gasteiger charge is -2.16. The van der Waals surface area contributed by atoms with Gasteiger partial charge in [-0.3, -0.25) is 14.7 Å². The lowest BCUT2D eigenvalue weighted by molar-refractivity contribution is -0.117. The zero-order chi connectivity index (χ0) is 20.1. The molecule has 3 rings (SSSR count). The van der Waals surface area contributed by atoms with Crippen molar-refractivity contribution < 1.29 is 9.59 Å². The van der Waals surface area contributed by atoms with Crippen LogP contribution in [0.15, 0.2) is 42.5 Å². The number of amides is 2. The molecule has 1 aliphatic carbocycles. The molecule has 7 nitrogen and oxygen atoms in total. The second kappa shape index (κ2) is 8.84. The molecule has 1 unspecified atom stereocenters. The number of carbonyl (C=O) groups is 2. The molecule has 1 heterocycles. The summed E-state index contributed by atoms with van der Waals surface area (Å²) in [7, 11) is 3.87. The lowest BCUT2D eigenvalue weighted by Crippen LogP contribution is -2.21. The SMILES string of the molecule is CC(C(=O)Nc1cc(C2CC2)[nH]n1)c1ccccc1NC(=O)C=CCN(C)C. The number of anilines is 2. The molecule has 0 bridgehead atoms. The Morgan fingerprint density at radius 2 is 2.04 bits per heavy atom. The van der Waals surface area contributed by atoms with Gasteiger partial charge in [-0.1, -0.05) is 24.3 Å². The van der Waals surface area contributed by atoms with Crippen molar-refractivity contribution in [1.82, 2.24) is 15.1 Å². The van der Waals surface area contributed by atoms with E-state index >= 15 is 0 Å². The molecule has 7 heteroatoms. The van der Waals surface area contributed by atoms with Crippen molar-refractivity contribution >= 4 is 23.3 Å². The van der Waals surface area contributed by atoms with Gasteiger partial charge in [-0.25, -0.2) is 0 Å². The number of hydrogen-bond donors (Lipinski definition) is 3. The molecule has 148 valence electrons. The molecule has 0 spiro atoms. The summed E-state index contributed by atoms with van der Waals surface area (Å²) in [6, 6.07) is 9.24. The van der Waals surface area contributed by atoms with Crippen LogP contribution in [-0.2, 0) is 9.59 Å². The number of aromatic amines is 1. The maximum Gasteiger partial charge on any atom is 0.248 e. The molecule has 0 radical (unpaired) electrons. The van der Waals surface area contributed by atoms with E-state index in [0.717, 1.165) is 11.3 Å². The standard InChI is InChI=1S/C21H27N5O2/c1-14(21(28)23-19-13-18(24-25-19)15-10-11-15)16-7-4-5-8-17(16)22-20(27)9-6-12-26(2)3/h4-9,13-15H,10-12H2,1-3H3,(H,22,27)(H2,23,24,25,28). The predicted molar refractivity (Wildman–Crippen MR) is 110 cm³/mol. The van der Waals surface area contributed by atoms with Crippen molar-refractivity contribution in [2.75, 3.05) is 31.3 Å². The average Bonchev–Trinajstić information content (AvgIpc) is 3.41. The van der Waals surface area contributed by atoms with Crippen LogP contribution in [-0.4, -0.2) is 47.6 Å². The second-order valence-electron chi connectivity index (χ2n) is 7.43. The van der Waals surface area contributed by atoms with Gasteiger partial charge in [-0.2, -0.15) is 5.10 Å². The minimum atomic E-state index is -0.441. The smallest absolute Gasteiger partial charge is 0.248 e. The van der Waals surface area contributed by atoms with Gasteiger partial charge in [0.1, 0.15) is 0 Å². The number of likely N-dealkylation sites (N-methyl/N-ethyl adjacent to an activating group) is 1. The summed E-state index contributed by atoms with van der Waals surface area (Å²) in [6.45, 7) is 2.50. The van der Waals surface area contributed by atoms with E-state index in [1.807, 2.05) is 50.2 Å². The van der Waals surface area contributed by atoms with E-state index in [1.165, 1.54) is 18.9 Å². The van der Waals surface area contributed by atoms with E-state index < -0.39 is 5.92 Å². The fraction of sp³-hybridized carbons (Fsp3) is 0.381. The van der Waals surface area contributed by atoms with Crippen molar-refractivity contribution in [1.29, 1.82) is 0 Å². The van der Waals surface area contributed by atoms with Crippen LogP contribution >= 0.6 is 0 Å². The zero-order valence-electron chi connectivity index (χ0n) is 16.5. The molecule has 2 amide bonds. The minimum absolute atomic E-state index is 0.168. The fourth-order valence-electron chi connectivity index (χ4n) is 2.91. The summed E-state index contributed by atoms with van der Waals surface area (Å²) in [5.41, 5.74) is 2.46. The van der Waals surface area contributed by atoms with Crippen LogP contribution in [0.1, 0.15) is 42.9 Å². The molecule has 1 aromatic heterocycles. The van der Waals surface area contributed by atoms with Crippen molar-refractivity contribution in [3.8, 4) is 0 Å². The summed E-state index contributed by atoms with van der Waals surface area (Å²) in [5.74, 6) is 0.254. The number of para-hydroxylation sites is 1. The van der Waals surface area contributed by atoms with Crippen LogP contribution in [0.25, 0.3) is 0 Å². The van der Waals surface area contributed by atoms with Crippen LogP contribution in [0.4, 0.5) is 11.5 Å². The van der Waals surface area contributed by atoms with E-state index in [0.29, 0.717) is 24.0 Å². The Morgan fingerprint density at radius 1 is 1.29 bits per heavy atom. The Hall–Kier alpha value is -2.93. The summed E-state index contributed by atoms with van der Waals surface area (Å²) in [4.78, 5) is 26.8. The number of H-pyrrole nitrogens is 1. The van der Waals surface area contributed by atoms with Crippen LogP contribution in [0.5, 0.6) is 0 Å². The average molecular weight is 381 g/mol. The largest absolute Gasteiger partial charge is 0.322 e. The normalized spacial score (nSPS) is 15.0. The van der Waals surface area contributed by atoms with E-state index in [2.05, 4.69) is 20.8 Å². The maximum atomic E-state index is 12.7. The highest BCUT2D eigenvalue weighted by Gasteiger charge is 2.26. The second-order valence-corrected chi connectivity index (χ2v) is 7.43. The van der Waals surface area contributed by atoms with Crippen molar-refractivity contribution in [3.63, 3.8) is 0 Å². The first-order valence-corrected chi connectivity index (χ1v) is 9.51. The molecule has 28 heavy (non-hydrogen) atoms. The van der Waals surface area contributed by atoms with Gasteiger partial charge >= 0.3 is 0 Å². The number of benzene rings is 1. The highest BCUT2D eigenvalue weighted by atomic mass is 16.2. The number of carbonyl (C=O) groups excluding carboxylic acids is 2. The van der Waals surface area contributed by atoms with Crippen LogP contribution in [0, 0.1) is 0 Å². The molecular formula is C21H27N5O2. The first-order valence-electron chi connectivity index (χ1n) is 9.51. The van der Waals surface area contributed by atoms with Crippen molar-refractivity contribution in [3.05, 3.63) is 53.7 Å². The molecule has 1 aromatic carbocycles. The summed E-state index contributed by atoms with van der Waals surface area (Å²) in [6.07, 6.45) is 5.64. The molecular weight excluding hydrogens is 354 g/mol. The van der Waals surface area contributed by atoms with E-state index in [4.69, 9.17) is 0 Å². The molecule has 1 fully saturated rings. The predicted octanol–water partition coefficient (Wildman–Crippen LogP) is 3.09. The van der Waals surface area contributed by atoms with Gasteiger partial charge in [0.05, 0.1) is 5.92 Å². The monoisotopic (exact) mass is 381 g/mol. The summed E-state index contributed by atoms with van der Waals surface area (Å²) >= 11 is 0. The van der Waals surface area contributed by atoms with Gasteiger partial charge in [-0.15, -0.1) is 0 Å². The van der Waals surface area contributed by atoms with Gasteiger partial charge in [0.25, 0.3) is 0 Å². The Balaban J connectivity index is 1.65. The Labute approximate surface area is 165 Å². The molecule has 3 N–H and O–H groups in total. The summed E-state index contributed by atoms with van der Waals surface area (Å²) < 4.78 is 0. The molecule has 2 aromatic rings. The topological polar surface area (TPSA) is 90.1 Å². The fourth-order valence-corrected chi connectivity index (χ4v) is 2.91. The molecule has 1 saturated carbocycles. The summed E-state index contributed by atoms with van der Waals surface area (Å²) in [5, 5.41) is 12.9. The van der Waals surface area contributed by atoms with Gasteiger partial charge in [0.15, 0.2) is 5.82 Å². The quantitative estimate of drug-likeness (QED) is 0.613. The first kappa shape index (κ1) is 19.8. The van der Waals surface area contributed by atoms with Crippen LogP contribution in [0.2, 0.25) is 0 Å². The number of nitrogens with one attached hydrogen (secondary N) is 3. The Morgan fingerprint density at radius 3 is 2.75 bits per heavy atom. The highest BCUT2D eigenvalue weighted by Crippen LogP contribution is 2.39. The third-order valence-corrected chi connectivity index (χ3v) is 4.68. The third kappa shape index (κ3) is 5.29. The van der Waals surface area contributed by atoms with Gasteiger partial charge in [0.2, 0.25) is 11.8 Å². The lowest BCUT2D eigenvalue weighted by atomic mass is 9.98. The number of hydrogen-bond acceptors (Lipinski definition) is 4. The van der Waals surface area contributed by atoms with E-state index in [9.17, 15) is 9.59 Å². The third-order valence-electron chi connectivity index (χ3n) is 4.68. The molecule has 0 saturated heterocycles. The van der Waals surface area contributed by atoms with E-state index in [1.54, 1.807) is 12.1 Å². The minimum Gasteiger partial charge on any atom is -0.322 e. The van der Waals surface area contributed by atoms with Crippen molar-refractivity contribution in [2.45, 2.75) is 31.6 Å². The molecule has 1 atom stereocenters. The molecule has 1 aliphatic rings. The number of nitrogens with zero attached hydrogens (tertiary/aromatic N) is 2. The van der Waals surface area contributed by atoms with Crippen LogP contribution < -0.4 is 10.6 Å². The first-order chi connectivity index (χ1) is 13.4. The van der Waals surface area contributed by atoms with Gasteiger partial charge < -0.3 is 15.5 Å². The van der Waals surface area contributed by atoms with Gasteiger partial charge in [0, 0.05) is 36.0 Å². The van der Waals surface area contributed by atoms with E-state index in [-0.39, 0.29) is 11.8 Å². The molecule has 0 aliphatic heterocycles. The van der Waals surface area contributed by atoms with Crippen LogP contribution in [0.3, 0.4) is 0 Å². The maximum absolute atomic E-state index is 12.7. The Bertz CT molecular complexity index is 867. The number of rotatable bonds is 8.